The van der Waals surface area contributed by atoms with Gasteiger partial charge in [-0.25, -0.2) is 14.6 Å². The van der Waals surface area contributed by atoms with Gasteiger partial charge in [0.15, 0.2) is 11.4 Å². The van der Waals surface area contributed by atoms with Gasteiger partial charge in [-0.1, -0.05) is 6.92 Å². The number of fused-ring (bicyclic) bond motifs is 2. The summed E-state index contributed by atoms with van der Waals surface area (Å²) in [6.07, 6.45) is 4.31. The van der Waals surface area contributed by atoms with E-state index in [0.29, 0.717) is 11.8 Å². The van der Waals surface area contributed by atoms with Crippen molar-refractivity contribution >= 4 is 11.0 Å². The summed E-state index contributed by atoms with van der Waals surface area (Å²) in [5.74, 6) is 0.417. The van der Waals surface area contributed by atoms with Crippen molar-refractivity contribution in [2.45, 2.75) is 51.2 Å². The SMILES string of the molecule is COc1ncnc2c1cnn2[C@H]1C[C@@H](C)[C@@H]2OC(C)(C)O[C@@H]21. The Balaban J connectivity index is 1.76. The summed E-state index contributed by atoms with van der Waals surface area (Å²) in [5, 5.41) is 5.35. The molecule has 0 spiro atoms. The van der Waals surface area contributed by atoms with E-state index >= 15 is 0 Å². The Morgan fingerprint density at radius 1 is 1.27 bits per heavy atom. The Labute approximate surface area is 128 Å². The maximum atomic E-state index is 6.13. The zero-order valence-electron chi connectivity index (χ0n) is 13.2. The smallest absolute Gasteiger partial charge is 0.227 e. The highest BCUT2D eigenvalue weighted by atomic mass is 16.8. The molecule has 0 amide bonds. The van der Waals surface area contributed by atoms with Crippen LogP contribution in [0, 0.1) is 5.92 Å². The largest absolute Gasteiger partial charge is 0.480 e. The van der Waals surface area contributed by atoms with E-state index in [-0.39, 0.29) is 18.2 Å². The van der Waals surface area contributed by atoms with Gasteiger partial charge in [-0.2, -0.15) is 5.10 Å². The fourth-order valence-corrected chi connectivity index (χ4v) is 3.69. The lowest BCUT2D eigenvalue weighted by atomic mass is 10.1. The number of methoxy groups -OCH3 is 1. The van der Waals surface area contributed by atoms with Gasteiger partial charge in [0.1, 0.15) is 17.8 Å². The van der Waals surface area contributed by atoms with Crippen LogP contribution in [0.3, 0.4) is 0 Å². The number of hydrogen-bond donors (Lipinski definition) is 0. The second-order valence-corrected chi connectivity index (χ2v) is 6.55. The third-order valence-electron chi connectivity index (χ3n) is 4.58. The van der Waals surface area contributed by atoms with Gasteiger partial charge >= 0.3 is 0 Å². The van der Waals surface area contributed by atoms with Crippen molar-refractivity contribution in [2.24, 2.45) is 5.92 Å². The summed E-state index contributed by atoms with van der Waals surface area (Å²) in [7, 11) is 1.60. The van der Waals surface area contributed by atoms with Gasteiger partial charge in [-0.3, -0.25) is 0 Å². The topological polar surface area (TPSA) is 71.3 Å². The fraction of sp³-hybridized carbons (Fsp3) is 0.667. The van der Waals surface area contributed by atoms with E-state index in [1.54, 1.807) is 13.3 Å². The van der Waals surface area contributed by atoms with Gasteiger partial charge in [0.2, 0.25) is 5.88 Å². The first-order valence-corrected chi connectivity index (χ1v) is 7.58. The molecule has 22 heavy (non-hydrogen) atoms. The van der Waals surface area contributed by atoms with Crippen molar-refractivity contribution in [1.82, 2.24) is 19.7 Å². The molecule has 7 heteroatoms. The van der Waals surface area contributed by atoms with Crippen molar-refractivity contribution in [3.05, 3.63) is 12.5 Å². The molecule has 1 aliphatic carbocycles. The predicted octanol–water partition coefficient (Wildman–Crippen LogP) is 1.94. The number of rotatable bonds is 2. The second-order valence-electron chi connectivity index (χ2n) is 6.55. The first kappa shape index (κ1) is 13.9. The minimum atomic E-state index is -0.544. The zero-order valence-corrected chi connectivity index (χ0v) is 13.2. The molecule has 4 rings (SSSR count). The van der Waals surface area contributed by atoms with E-state index in [1.165, 1.54) is 6.33 Å². The summed E-state index contributed by atoms with van der Waals surface area (Å²) in [6, 6.07) is 0.110. The molecule has 0 radical (unpaired) electrons. The van der Waals surface area contributed by atoms with Gasteiger partial charge in [0.05, 0.1) is 25.5 Å². The maximum Gasteiger partial charge on any atom is 0.227 e. The third kappa shape index (κ3) is 1.92. The van der Waals surface area contributed by atoms with Crippen molar-refractivity contribution in [3.63, 3.8) is 0 Å². The zero-order chi connectivity index (χ0) is 15.5. The number of aromatic nitrogens is 4. The van der Waals surface area contributed by atoms with E-state index in [0.717, 1.165) is 17.5 Å². The van der Waals surface area contributed by atoms with E-state index in [1.807, 2.05) is 18.5 Å². The minimum absolute atomic E-state index is 0.00550. The Morgan fingerprint density at radius 3 is 2.82 bits per heavy atom. The second kappa shape index (κ2) is 4.63. The third-order valence-corrected chi connectivity index (χ3v) is 4.58. The average Bonchev–Trinajstić information content (AvgIpc) is 3.11. The lowest BCUT2D eigenvalue weighted by molar-refractivity contribution is -0.159. The highest BCUT2D eigenvalue weighted by Gasteiger charge is 2.53. The lowest BCUT2D eigenvalue weighted by Gasteiger charge is -2.23. The van der Waals surface area contributed by atoms with Crippen LogP contribution < -0.4 is 4.74 Å². The van der Waals surface area contributed by atoms with Gasteiger partial charge in [0, 0.05) is 0 Å². The quantitative estimate of drug-likeness (QED) is 0.844. The van der Waals surface area contributed by atoms with E-state index in [2.05, 4.69) is 22.0 Å². The molecular weight excluding hydrogens is 284 g/mol. The van der Waals surface area contributed by atoms with Crippen LogP contribution in [0.25, 0.3) is 11.0 Å². The molecule has 0 unspecified atom stereocenters. The summed E-state index contributed by atoms with van der Waals surface area (Å²) in [5.41, 5.74) is 0.776. The van der Waals surface area contributed by atoms with Crippen LogP contribution in [0.2, 0.25) is 0 Å². The first-order chi connectivity index (χ1) is 10.5. The molecule has 7 nitrogen and oxygen atoms in total. The van der Waals surface area contributed by atoms with E-state index < -0.39 is 5.79 Å². The molecule has 1 saturated carbocycles. The van der Waals surface area contributed by atoms with E-state index in [4.69, 9.17) is 14.2 Å². The Kier molecular flexibility index (Phi) is 2.93. The van der Waals surface area contributed by atoms with Gasteiger partial charge in [0.25, 0.3) is 0 Å². The predicted molar refractivity (Wildman–Crippen MR) is 78.5 cm³/mol. The summed E-state index contributed by atoms with van der Waals surface area (Å²) < 4.78 is 19.4. The van der Waals surface area contributed by atoms with Crippen LogP contribution in [0.1, 0.15) is 33.2 Å². The van der Waals surface area contributed by atoms with Gasteiger partial charge in [-0.15, -0.1) is 0 Å². The van der Waals surface area contributed by atoms with Crippen LogP contribution in [-0.2, 0) is 9.47 Å². The fourth-order valence-electron chi connectivity index (χ4n) is 3.69. The molecule has 1 saturated heterocycles. The Hall–Kier alpha value is -1.73. The van der Waals surface area contributed by atoms with Crippen molar-refractivity contribution in [3.8, 4) is 5.88 Å². The van der Waals surface area contributed by atoms with Crippen LogP contribution in [0.15, 0.2) is 12.5 Å². The molecule has 0 bridgehead atoms. The monoisotopic (exact) mass is 304 g/mol. The van der Waals surface area contributed by atoms with Gasteiger partial charge in [-0.05, 0) is 26.2 Å². The first-order valence-electron chi connectivity index (χ1n) is 7.58. The normalized spacial score (nSPS) is 33.3. The van der Waals surface area contributed by atoms with Crippen LogP contribution >= 0.6 is 0 Å². The molecule has 2 aromatic rings. The average molecular weight is 304 g/mol. The number of nitrogens with zero attached hydrogens (tertiary/aromatic N) is 4. The highest BCUT2D eigenvalue weighted by molar-refractivity contribution is 5.79. The molecule has 4 atom stereocenters. The molecule has 1 aliphatic heterocycles. The summed E-state index contributed by atoms with van der Waals surface area (Å²) >= 11 is 0. The maximum absolute atomic E-state index is 6.13. The summed E-state index contributed by atoms with van der Waals surface area (Å²) in [6.45, 7) is 6.12. The Bertz CT molecular complexity index is 714. The minimum Gasteiger partial charge on any atom is -0.480 e. The van der Waals surface area contributed by atoms with Crippen molar-refractivity contribution in [1.29, 1.82) is 0 Å². The van der Waals surface area contributed by atoms with Crippen LogP contribution in [0.4, 0.5) is 0 Å². The molecule has 0 N–H and O–H groups in total. The standard InChI is InChI=1S/C15H20N4O3/c1-8-5-10(12-11(8)21-15(2,3)22-12)19-13-9(6-18-19)14(20-4)17-7-16-13/h6-8,10-12H,5H2,1-4H3/t8-,10+,11+,12-/m1/s1. The van der Waals surface area contributed by atoms with Crippen molar-refractivity contribution < 1.29 is 14.2 Å². The highest BCUT2D eigenvalue weighted by Crippen LogP contribution is 2.47. The number of hydrogen-bond acceptors (Lipinski definition) is 6. The molecule has 2 fully saturated rings. The molecule has 0 aromatic carbocycles. The Morgan fingerprint density at radius 2 is 2.05 bits per heavy atom. The molecule has 118 valence electrons. The molecule has 2 aromatic heterocycles. The molecule has 3 heterocycles. The van der Waals surface area contributed by atoms with Crippen LogP contribution in [-0.4, -0.2) is 44.9 Å². The van der Waals surface area contributed by atoms with Crippen LogP contribution in [0.5, 0.6) is 5.88 Å². The van der Waals surface area contributed by atoms with Crippen molar-refractivity contribution in [2.75, 3.05) is 7.11 Å². The molecular formula is C15H20N4O3. The summed E-state index contributed by atoms with van der Waals surface area (Å²) in [4.78, 5) is 8.51. The molecule has 2 aliphatic rings. The van der Waals surface area contributed by atoms with Gasteiger partial charge < -0.3 is 14.2 Å². The van der Waals surface area contributed by atoms with E-state index in [9.17, 15) is 0 Å². The number of ether oxygens (including phenoxy) is 3. The lowest BCUT2D eigenvalue weighted by Crippen LogP contribution is -2.28.